The molecule has 0 atom stereocenters. The van der Waals surface area contributed by atoms with E-state index in [0.29, 0.717) is 30.5 Å². The van der Waals surface area contributed by atoms with Crippen molar-refractivity contribution in [2.45, 2.75) is 13.0 Å². The molecule has 2 aromatic rings. The molecule has 7 heteroatoms. The van der Waals surface area contributed by atoms with Gasteiger partial charge in [-0.1, -0.05) is 11.2 Å². The largest absolute Gasteiger partial charge is 0.481 e. The number of carbonyl (C=O) groups is 1. The van der Waals surface area contributed by atoms with E-state index in [9.17, 15) is 4.79 Å². The quantitative estimate of drug-likeness (QED) is 0.725. The number of nitrogens with one attached hydrogen (secondary N) is 1. The number of pyridine rings is 1. The monoisotopic (exact) mass is 248 g/mol. The molecule has 0 aliphatic carbocycles. The molecule has 94 valence electrons. The third-order valence-corrected chi connectivity index (χ3v) is 2.15. The van der Waals surface area contributed by atoms with E-state index in [1.54, 1.807) is 18.3 Å². The minimum Gasteiger partial charge on any atom is -0.481 e. The molecule has 0 amide bonds. The van der Waals surface area contributed by atoms with Crippen LogP contribution in [0, 0.1) is 0 Å². The first-order chi connectivity index (χ1) is 8.75. The van der Waals surface area contributed by atoms with Crippen LogP contribution >= 0.6 is 0 Å². The Labute approximate surface area is 103 Å². The van der Waals surface area contributed by atoms with Crippen LogP contribution in [-0.4, -0.2) is 32.7 Å². The molecule has 0 saturated carbocycles. The van der Waals surface area contributed by atoms with Crippen molar-refractivity contribution in [1.82, 2.24) is 20.4 Å². The van der Waals surface area contributed by atoms with Crippen LogP contribution in [-0.2, 0) is 11.3 Å². The molecule has 0 unspecified atom stereocenters. The zero-order chi connectivity index (χ0) is 12.8. The highest BCUT2D eigenvalue weighted by Crippen LogP contribution is 2.11. The molecule has 0 spiro atoms. The lowest BCUT2D eigenvalue weighted by Crippen LogP contribution is -2.17. The van der Waals surface area contributed by atoms with E-state index in [2.05, 4.69) is 20.4 Å². The van der Waals surface area contributed by atoms with Crippen molar-refractivity contribution in [3.8, 4) is 11.5 Å². The fraction of sp³-hybridized carbons (Fsp3) is 0.273. The van der Waals surface area contributed by atoms with Crippen molar-refractivity contribution in [1.29, 1.82) is 0 Å². The molecule has 0 bridgehead atoms. The van der Waals surface area contributed by atoms with Gasteiger partial charge in [0.2, 0.25) is 11.7 Å². The predicted molar refractivity (Wildman–Crippen MR) is 61.5 cm³/mol. The first kappa shape index (κ1) is 12.2. The van der Waals surface area contributed by atoms with Crippen LogP contribution in [0.2, 0.25) is 0 Å². The van der Waals surface area contributed by atoms with E-state index in [-0.39, 0.29) is 6.42 Å². The van der Waals surface area contributed by atoms with Crippen molar-refractivity contribution in [2.75, 3.05) is 6.54 Å². The third kappa shape index (κ3) is 3.36. The second-order valence-electron chi connectivity index (χ2n) is 3.55. The maximum Gasteiger partial charge on any atom is 0.304 e. The lowest BCUT2D eigenvalue weighted by atomic mass is 10.3. The topological polar surface area (TPSA) is 101 Å². The van der Waals surface area contributed by atoms with Crippen LogP contribution in [0.25, 0.3) is 11.5 Å². The summed E-state index contributed by atoms with van der Waals surface area (Å²) in [7, 11) is 0. The van der Waals surface area contributed by atoms with Crippen molar-refractivity contribution in [3.63, 3.8) is 0 Å². The van der Waals surface area contributed by atoms with Gasteiger partial charge in [0.15, 0.2) is 0 Å². The first-order valence-electron chi connectivity index (χ1n) is 5.42. The van der Waals surface area contributed by atoms with E-state index in [1.807, 2.05) is 6.07 Å². The average Bonchev–Trinajstić information content (AvgIpc) is 2.84. The molecule has 0 radical (unpaired) electrons. The Morgan fingerprint density at radius 1 is 1.44 bits per heavy atom. The summed E-state index contributed by atoms with van der Waals surface area (Å²) < 4.78 is 5.02. The van der Waals surface area contributed by atoms with Crippen LogP contribution in [0.15, 0.2) is 28.9 Å². The summed E-state index contributed by atoms with van der Waals surface area (Å²) >= 11 is 0. The molecule has 0 saturated heterocycles. The highest BCUT2D eigenvalue weighted by Gasteiger charge is 2.08. The van der Waals surface area contributed by atoms with Gasteiger partial charge in [0.25, 0.3) is 0 Å². The van der Waals surface area contributed by atoms with Gasteiger partial charge in [-0.05, 0) is 12.1 Å². The summed E-state index contributed by atoms with van der Waals surface area (Å²) in [5.41, 5.74) is 0.637. The Hall–Kier alpha value is -2.28. The van der Waals surface area contributed by atoms with Gasteiger partial charge in [-0.15, -0.1) is 0 Å². The molecule has 0 aliphatic heterocycles. The van der Waals surface area contributed by atoms with Crippen molar-refractivity contribution in [2.24, 2.45) is 0 Å². The number of nitrogens with zero attached hydrogens (tertiary/aromatic N) is 3. The van der Waals surface area contributed by atoms with Crippen LogP contribution in [0.1, 0.15) is 12.3 Å². The van der Waals surface area contributed by atoms with E-state index in [1.165, 1.54) is 0 Å². The molecular weight excluding hydrogens is 236 g/mol. The minimum atomic E-state index is -0.845. The van der Waals surface area contributed by atoms with Gasteiger partial charge in [0, 0.05) is 12.7 Å². The zero-order valence-electron chi connectivity index (χ0n) is 9.54. The molecule has 2 aromatic heterocycles. The summed E-state index contributed by atoms with van der Waals surface area (Å²) in [6.07, 6.45) is 1.71. The van der Waals surface area contributed by atoms with E-state index in [0.717, 1.165) is 0 Å². The van der Waals surface area contributed by atoms with Gasteiger partial charge in [-0.2, -0.15) is 4.98 Å². The van der Waals surface area contributed by atoms with E-state index in [4.69, 9.17) is 9.63 Å². The standard InChI is InChI=1S/C11H12N4O3/c16-10(17)4-6-12-7-9-14-11(15-18-9)8-3-1-2-5-13-8/h1-3,5,12H,4,6-7H2,(H,16,17). The van der Waals surface area contributed by atoms with Gasteiger partial charge in [-0.25, -0.2) is 0 Å². The number of rotatable bonds is 6. The summed E-state index contributed by atoms with van der Waals surface area (Å²) in [5.74, 6) is -0.0196. The summed E-state index contributed by atoms with van der Waals surface area (Å²) in [4.78, 5) is 18.5. The van der Waals surface area contributed by atoms with Crippen molar-refractivity contribution < 1.29 is 14.4 Å². The van der Waals surface area contributed by atoms with Crippen LogP contribution < -0.4 is 5.32 Å². The van der Waals surface area contributed by atoms with E-state index < -0.39 is 5.97 Å². The normalized spacial score (nSPS) is 10.4. The zero-order valence-corrected chi connectivity index (χ0v) is 9.54. The lowest BCUT2D eigenvalue weighted by molar-refractivity contribution is -0.136. The lowest BCUT2D eigenvalue weighted by Gasteiger charge is -1.96. The molecule has 0 aliphatic rings. The summed E-state index contributed by atoms with van der Waals surface area (Å²) in [5, 5.41) is 15.2. The SMILES string of the molecule is O=C(O)CCNCc1nc(-c2ccccn2)no1. The van der Waals surface area contributed by atoms with E-state index >= 15 is 0 Å². The first-order valence-corrected chi connectivity index (χ1v) is 5.42. The summed E-state index contributed by atoms with van der Waals surface area (Å²) in [6.45, 7) is 0.698. The molecule has 0 fully saturated rings. The Bertz CT molecular complexity index is 512. The Kier molecular flexibility index (Phi) is 3.98. The summed E-state index contributed by atoms with van der Waals surface area (Å²) in [6, 6.07) is 5.42. The smallest absolute Gasteiger partial charge is 0.304 e. The van der Waals surface area contributed by atoms with Crippen molar-refractivity contribution in [3.05, 3.63) is 30.3 Å². The van der Waals surface area contributed by atoms with Crippen LogP contribution in [0.3, 0.4) is 0 Å². The maximum absolute atomic E-state index is 10.3. The Morgan fingerprint density at radius 2 is 2.33 bits per heavy atom. The maximum atomic E-state index is 10.3. The third-order valence-electron chi connectivity index (χ3n) is 2.15. The second-order valence-corrected chi connectivity index (χ2v) is 3.55. The number of carboxylic acids is 1. The second kappa shape index (κ2) is 5.87. The average molecular weight is 248 g/mol. The number of carboxylic acid groups (broad SMARTS) is 1. The molecule has 2 rings (SSSR count). The Balaban J connectivity index is 1.89. The van der Waals surface area contributed by atoms with Gasteiger partial charge < -0.3 is 14.9 Å². The van der Waals surface area contributed by atoms with Gasteiger partial charge in [-0.3, -0.25) is 9.78 Å². The van der Waals surface area contributed by atoms with Crippen LogP contribution in [0.5, 0.6) is 0 Å². The highest BCUT2D eigenvalue weighted by molar-refractivity contribution is 5.66. The Morgan fingerprint density at radius 3 is 3.06 bits per heavy atom. The number of hydrogen-bond donors (Lipinski definition) is 2. The molecule has 7 nitrogen and oxygen atoms in total. The number of hydrogen-bond acceptors (Lipinski definition) is 6. The predicted octanol–water partition coefficient (Wildman–Crippen LogP) is 0.696. The molecule has 2 N–H and O–H groups in total. The number of aromatic nitrogens is 3. The fourth-order valence-corrected chi connectivity index (χ4v) is 1.32. The molecule has 18 heavy (non-hydrogen) atoms. The van der Waals surface area contributed by atoms with Gasteiger partial charge >= 0.3 is 5.97 Å². The fourth-order valence-electron chi connectivity index (χ4n) is 1.32. The van der Waals surface area contributed by atoms with Gasteiger partial charge in [0.05, 0.1) is 13.0 Å². The minimum absolute atomic E-state index is 0.0568. The van der Waals surface area contributed by atoms with Crippen LogP contribution in [0.4, 0.5) is 0 Å². The highest BCUT2D eigenvalue weighted by atomic mass is 16.5. The number of aliphatic carboxylic acids is 1. The molecule has 2 heterocycles. The van der Waals surface area contributed by atoms with Gasteiger partial charge in [0.1, 0.15) is 5.69 Å². The van der Waals surface area contributed by atoms with Crippen molar-refractivity contribution >= 4 is 5.97 Å². The molecule has 0 aromatic carbocycles. The molecular formula is C11H12N4O3.